The molecule has 1 aliphatic rings. The number of hydrogen-bond acceptors (Lipinski definition) is 5. The third-order valence-electron chi connectivity index (χ3n) is 4.51. The standard InChI is InChI=1S/C17H24N4O2S/c1-17(2,9-18)20-13(22)7-8-21-10-19-15-14(16(21)23)11-5-3-4-6-12(11)24-15/h10H,3-9,18H2,1-2H3,(H,20,22). The molecule has 2 heterocycles. The van der Waals surface area contributed by atoms with Crippen molar-refractivity contribution in [3.05, 3.63) is 27.1 Å². The summed E-state index contributed by atoms with van der Waals surface area (Å²) in [5.41, 5.74) is 6.35. The zero-order valence-corrected chi connectivity index (χ0v) is 15.0. The molecule has 130 valence electrons. The van der Waals surface area contributed by atoms with Crippen LogP contribution in [0.5, 0.6) is 0 Å². The Hall–Kier alpha value is -1.73. The van der Waals surface area contributed by atoms with Gasteiger partial charge in [-0.15, -0.1) is 11.3 Å². The van der Waals surface area contributed by atoms with Crippen LogP contribution in [-0.2, 0) is 24.2 Å². The van der Waals surface area contributed by atoms with E-state index < -0.39 is 5.54 Å². The first kappa shape index (κ1) is 17.1. The summed E-state index contributed by atoms with van der Waals surface area (Å²) in [5, 5.41) is 3.64. The molecule has 2 aromatic heterocycles. The van der Waals surface area contributed by atoms with E-state index in [1.54, 1.807) is 22.2 Å². The molecule has 3 N–H and O–H groups in total. The van der Waals surface area contributed by atoms with Gasteiger partial charge < -0.3 is 11.1 Å². The van der Waals surface area contributed by atoms with Gasteiger partial charge in [0, 0.05) is 29.9 Å². The highest BCUT2D eigenvalue weighted by atomic mass is 32.1. The van der Waals surface area contributed by atoms with E-state index in [4.69, 9.17) is 5.73 Å². The Morgan fingerprint density at radius 1 is 1.42 bits per heavy atom. The van der Waals surface area contributed by atoms with E-state index in [1.165, 1.54) is 16.9 Å². The fraction of sp³-hybridized carbons (Fsp3) is 0.588. The largest absolute Gasteiger partial charge is 0.350 e. The number of thiophene rings is 1. The van der Waals surface area contributed by atoms with Crippen LogP contribution in [0.25, 0.3) is 10.2 Å². The van der Waals surface area contributed by atoms with E-state index in [0.29, 0.717) is 13.1 Å². The minimum absolute atomic E-state index is 0.0229. The monoisotopic (exact) mass is 348 g/mol. The molecule has 0 unspecified atom stereocenters. The number of nitrogens with one attached hydrogen (secondary N) is 1. The second-order valence-electron chi connectivity index (χ2n) is 7.02. The predicted octanol–water partition coefficient (Wildman–Crippen LogP) is 1.58. The number of fused-ring (bicyclic) bond motifs is 3. The minimum Gasteiger partial charge on any atom is -0.350 e. The number of rotatable bonds is 5. The smallest absolute Gasteiger partial charge is 0.262 e. The molecule has 2 aromatic rings. The van der Waals surface area contributed by atoms with Crippen molar-refractivity contribution < 1.29 is 4.79 Å². The summed E-state index contributed by atoms with van der Waals surface area (Å²) in [6.45, 7) is 4.46. The van der Waals surface area contributed by atoms with Crippen LogP contribution >= 0.6 is 11.3 Å². The third-order valence-corrected chi connectivity index (χ3v) is 5.71. The summed E-state index contributed by atoms with van der Waals surface area (Å²) in [6.07, 6.45) is 6.12. The fourth-order valence-electron chi connectivity index (χ4n) is 3.05. The van der Waals surface area contributed by atoms with Gasteiger partial charge in [0.2, 0.25) is 5.91 Å². The molecule has 0 aromatic carbocycles. The van der Waals surface area contributed by atoms with Gasteiger partial charge in [-0.25, -0.2) is 4.98 Å². The van der Waals surface area contributed by atoms with E-state index in [1.807, 2.05) is 13.8 Å². The number of carbonyl (C=O) groups is 1. The second-order valence-corrected chi connectivity index (χ2v) is 8.10. The molecule has 0 saturated carbocycles. The highest BCUT2D eigenvalue weighted by Crippen LogP contribution is 2.33. The van der Waals surface area contributed by atoms with Crippen LogP contribution in [0.2, 0.25) is 0 Å². The minimum atomic E-state index is -0.434. The summed E-state index contributed by atoms with van der Waals surface area (Å²) < 4.78 is 1.55. The molecular weight excluding hydrogens is 324 g/mol. The lowest BCUT2D eigenvalue weighted by Crippen LogP contribution is -2.49. The van der Waals surface area contributed by atoms with Crippen LogP contribution in [0.15, 0.2) is 11.1 Å². The maximum atomic E-state index is 12.8. The van der Waals surface area contributed by atoms with Crippen molar-refractivity contribution in [1.29, 1.82) is 0 Å². The molecule has 6 nitrogen and oxygen atoms in total. The molecule has 0 aliphatic heterocycles. The maximum Gasteiger partial charge on any atom is 0.262 e. The van der Waals surface area contributed by atoms with E-state index in [2.05, 4.69) is 10.3 Å². The molecule has 0 atom stereocenters. The summed E-state index contributed by atoms with van der Waals surface area (Å²) >= 11 is 1.64. The lowest BCUT2D eigenvalue weighted by Gasteiger charge is -2.24. The molecule has 0 fully saturated rings. The number of aryl methyl sites for hydroxylation is 3. The number of nitrogens with zero attached hydrogens (tertiary/aromatic N) is 2. The Kier molecular flexibility index (Phi) is 4.73. The van der Waals surface area contributed by atoms with E-state index in [-0.39, 0.29) is 17.9 Å². The topological polar surface area (TPSA) is 90.0 Å². The average Bonchev–Trinajstić information content (AvgIpc) is 2.93. The van der Waals surface area contributed by atoms with Crippen molar-refractivity contribution in [3.63, 3.8) is 0 Å². The molecule has 0 saturated heterocycles. The first-order valence-electron chi connectivity index (χ1n) is 8.42. The molecule has 1 amide bonds. The molecule has 3 rings (SSSR count). The van der Waals surface area contributed by atoms with E-state index in [0.717, 1.165) is 29.5 Å². The number of aromatic nitrogens is 2. The molecule has 24 heavy (non-hydrogen) atoms. The molecular formula is C17H24N4O2S. The van der Waals surface area contributed by atoms with Gasteiger partial charge in [0.1, 0.15) is 4.83 Å². The van der Waals surface area contributed by atoms with Gasteiger partial charge in [-0.2, -0.15) is 0 Å². The van der Waals surface area contributed by atoms with Crippen molar-refractivity contribution >= 4 is 27.5 Å². The second kappa shape index (κ2) is 6.64. The zero-order chi connectivity index (χ0) is 17.3. The van der Waals surface area contributed by atoms with Crippen LogP contribution in [0, 0.1) is 0 Å². The molecule has 0 spiro atoms. The molecule has 0 radical (unpaired) electrons. The molecule has 7 heteroatoms. The van der Waals surface area contributed by atoms with Crippen LogP contribution < -0.4 is 16.6 Å². The van der Waals surface area contributed by atoms with Gasteiger partial charge in [0.25, 0.3) is 5.56 Å². The van der Waals surface area contributed by atoms with E-state index >= 15 is 0 Å². The zero-order valence-electron chi connectivity index (χ0n) is 14.2. The van der Waals surface area contributed by atoms with Gasteiger partial charge in [0.05, 0.1) is 11.7 Å². The number of amides is 1. The van der Waals surface area contributed by atoms with Crippen molar-refractivity contribution in [2.75, 3.05) is 6.54 Å². The highest BCUT2D eigenvalue weighted by Gasteiger charge is 2.21. The number of hydrogen-bond donors (Lipinski definition) is 2. The maximum absolute atomic E-state index is 12.8. The lowest BCUT2D eigenvalue weighted by atomic mass is 9.97. The van der Waals surface area contributed by atoms with Gasteiger partial charge in [0.15, 0.2) is 0 Å². The lowest BCUT2D eigenvalue weighted by molar-refractivity contribution is -0.122. The Morgan fingerprint density at radius 2 is 2.17 bits per heavy atom. The molecule has 0 bridgehead atoms. The van der Waals surface area contributed by atoms with Gasteiger partial charge >= 0.3 is 0 Å². The number of nitrogens with two attached hydrogens (primary N) is 1. The summed E-state index contributed by atoms with van der Waals surface area (Å²) in [4.78, 5) is 31.4. The van der Waals surface area contributed by atoms with Crippen molar-refractivity contribution in [2.45, 2.75) is 58.0 Å². The van der Waals surface area contributed by atoms with Crippen LogP contribution in [0.4, 0.5) is 0 Å². The normalized spacial score (nSPS) is 14.6. The Bertz CT molecular complexity index is 822. The van der Waals surface area contributed by atoms with Crippen molar-refractivity contribution in [1.82, 2.24) is 14.9 Å². The van der Waals surface area contributed by atoms with Crippen molar-refractivity contribution in [3.8, 4) is 0 Å². The summed E-state index contributed by atoms with van der Waals surface area (Å²) in [6, 6.07) is 0. The number of carbonyl (C=O) groups excluding carboxylic acids is 1. The Balaban J connectivity index is 1.80. The van der Waals surface area contributed by atoms with Crippen LogP contribution in [0.1, 0.15) is 43.6 Å². The first-order valence-corrected chi connectivity index (χ1v) is 9.24. The SMILES string of the molecule is CC(C)(CN)NC(=O)CCn1cnc2sc3c(c2c1=O)CCCC3. The fourth-order valence-corrected chi connectivity index (χ4v) is 4.27. The predicted molar refractivity (Wildman–Crippen MR) is 96.4 cm³/mol. The third kappa shape index (κ3) is 3.37. The average molecular weight is 348 g/mol. The quantitative estimate of drug-likeness (QED) is 0.858. The highest BCUT2D eigenvalue weighted by molar-refractivity contribution is 7.18. The van der Waals surface area contributed by atoms with E-state index in [9.17, 15) is 9.59 Å². The van der Waals surface area contributed by atoms with Crippen LogP contribution in [0.3, 0.4) is 0 Å². The Labute approximate surface area is 145 Å². The van der Waals surface area contributed by atoms with Crippen LogP contribution in [-0.4, -0.2) is 27.5 Å². The Morgan fingerprint density at radius 3 is 2.92 bits per heavy atom. The van der Waals surface area contributed by atoms with Gasteiger partial charge in [-0.1, -0.05) is 0 Å². The van der Waals surface area contributed by atoms with Crippen molar-refractivity contribution in [2.24, 2.45) is 5.73 Å². The van der Waals surface area contributed by atoms with Gasteiger partial charge in [-0.05, 0) is 45.1 Å². The summed E-state index contributed by atoms with van der Waals surface area (Å²) in [7, 11) is 0. The molecule has 1 aliphatic carbocycles. The summed E-state index contributed by atoms with van der Waals surface area (Å²) in [5.74, 6) is -0.107. The van der Waals surface area contributed by atoms with Gasteiger partial charge in [-0.3, -0.25) is 14.2 Å². The first-order chi connectivity index (χ1) is 11.4.